The van der Waals surface area contributed by atoms with Crippen LogP contribution in [0.25, 0.3) is 0 Å². The molecule has 4 saturated carbocycles. The molecule has 2 nitrogen and oxygen atoms in total. The Morgan fingerprint density at radius 2 is 1.62 bits per heavy atom. The van der Waals surface area contributed by atoms with Gasteiger partial charge in [0.2, 0.25) is 5.91 Å². The molecule has 0 radical (unpaired) electrons. The summed E-state index contributed by atoms with van der Waals surface area (Å²) < 4.78 is 0. The highest BCUT2D eigenvalue weighted by Gasteiger charge is 2.62. The molecule has 1 N–H and O–H groups in total. The molecule has 16 heavy (non-hydrogen) atoms. The van der Waals surface area contributed by atoms with Crippen molar-refractivity contribution in [1.29, 1.82) is 0 Å². The van der Waals surface area contributed by atoms with Gasteiger partial charge in [-0.2, -0.15) is 0 Å². The Morgan fingerprint density at radius 1 is 1.06 bits per heavy atom. The molecule has 1 amide bonds. The molecular weight excluding hydrogens is 198 g/mol. The third kappa shape index (κ3) is 1.28. The van der Waals surface area contributed by atoms with Gasteiger partial charge in [-0.1, -0.05) is 13.8 Å². The highest BCUT2D eigenvalue weighted by atomic mass is 16.2. The van der Waals surface area contributed by atoms with Crippen LogP contribution in [0, 0.1) is 22.2 Å². The largest absolute Gasteiger partial charge is 0.359 e. The van der Waals surface area contributed by atoms with Crippen molar-refractivity contribution < 1.29 is 4.79 Å². The zero-order chi connectivity index (χ0) is 11.6. The molecule has 4 aliphatic rings. The SMILES string of the molecule is CNC(=O)C12CC3C[C@@](C)(C1)C[C@](C)(C3)C2. The highest BCUT2D eigenvalue weighted by Crippen LogP contribution is 2.69. The van der Waals surface area contributed by atoms with E-state index in [2.05, 4.69) is 19.2 Å². The lowest BCUT2D eigenvalue weighted by Gasteiger charge is -2.64. The summed E-state index contributed by atoms with van der Waals surface area (Å²) in [6.45, 7) is 4.82. The smallest absolute Gasteiger partial charge is 0.226 e. The van der Waals surface area contributed by atoms with E-state index in [9.17, 15) is 4.79 Å². The molecule has 0 aromatic carbocycles. The first kappa shape index (κ1) is 10.6. The van der Waals surface area contributed by atoms with E-state index in [0.29, 0.717) is 16.7 Å². The molecule has 0 heterocycles. The molecule has 4 aliphatic carbocycles. The molecule has 4 rings (SSSR count). The Hall–Kier alpha value is -0.530. The van der Waals surface area contributed by atoms with Gasteiger partial charge in [0.1, 0.15) is 0 Å². The fourth-order valence-corrected chi connectivity index (χ4v) is 5.97. The number of nitrogens with one attached hydrogen (secondary N) is 1. The van der Waals surface area contributed by atoms with Gasteiger partial charge >= 0.3 is 0 Å². The lowest BCUT2D eigenvalue weighted by Crippen LogP contribution is -2.59. The Bertz CT molecular complexity index is 331. The van der Waals surface area contributed by atoms with E-state index in [1.807, 2.05) is 0 Å². The summed E-state index contributed by atoms with van der Waals surface area (Å²) in [6.07, 6.45) is 7.48. The summed E-state index contributed by atoms with van der Waals surface area (Å²) in [7, 11) is 1.80. The van der Waals surface area contributed by atoms with Gasteiger partial charge in [-0.05, 0) is 55.3 Å². The van der Waals surface area contributed by atoms with Gasteiger partial charge in [-0.15, -0.1) is 0 Å². The molecule has 90 valence electrons. The van der Waals surface area contributed by atoms with Crippen molar-refractivity contribution in [3.05, 3.63) is 0 Å². The first-order valence-electron chi connectivity index (χ1n) is 6.61. The summed E-state index contributed by atoms with van der Waals surface area (Å²) in [5.41, 5.74) is 0.874. The Morgan fingerprint density at radius 3 is 2.06 bits per heavy atom. The van der Waals surface area contributed by atoms with Crippen LogP contribution < -0.4 is 5.32 Å². The first-order valence-corrected chi connectivity index (χ1v) is 6.61. The van der Waals surface area contributed by atoms with E-state index in [-0.39, 0.29) is 5.41 Å². The fraction of sp³-hybridized carbons (Fsp3) is 0.929. The second-order valence-corrected chi connectivity index (χ2v) is 7.49. The van der Waals surface area contributed by atoms with Gasteiger partial charge in [0.25, 0.3) is 0 Å². The summed E-state index contributed by atoms with van der Waals surface area (Å²) in [4.78, 5) is 12.2. The molecule has 2 unspecified atom stereocenters. The number of hydrogen-bond acceptors (Lipinski definition) is 1. The third-order valence-corrected chi connectivity index (χ3v) is 5.33. The quantitative estimate of drug-likeness (QED) is 0.724. The maximum atomic E-state index is 12.2. The van der Waals surface area contributed by atoms with Crippen molar-refractivity contribution in [2.75, 3.05) is 7.05 Å². The van der Waals surface area contributed by atoms with Crippen LogP contribution >= 0.6 is 0 Å². The topological polar surface area (TPSA) is 29.1 Å². The molecule has 2 heteroatoms. The van der Waals surface area contributed by atoms with Crippen LogP contribution in [-0.2, 0) is 4.79 Å². The number of amides is 1. The van der Waals surface area contributed by atoms with E-state index in [4.69, 9.17) is 0 Å². The van der Waals surface area contributed by atoms with E-state index >= 15 is 0 Å². The van der Waals surface area contributed by atoms with Crippen LogP contribution in [-0.4, -0.2) is 13.0 Å². The van der Waals surface area contributed by atoms with Crippen LogP contribution in [0.3, 0.4) is 0 Å². The molecule has 0 aromatic heterocycles. The molecule has 4 fully saturated rings. The first-order chi connectivity index (χ1) is 7.39. The van der Waals surface area contributed by atoms with Gasteiger partial charge in [0.05, 0.1) is 5.41 Å². The lowest BCUT2D eigenvalue weighted by atomic mass is 9.40. The predicted molar refractivity (Wildman–Crippen MR) is 63.9 cm³/mol. The minimum Gasteiger partial charge on any atom is -0.359 e. The van der Waals surface area contributed by atoms with Crippen LogP contribution in [0.15, 0.2) is 0 Å². The molecule has 0 aliphatic heterocycles. The maximum absolute atomic E-state index is 12.2. The monoisotopic (exact) mass is 221 g/mol. The average molecular weight is 221 g/mol. The minimum absolute atomic E-state index is 0.0162. The number of carbonyl (C=O) groups is 1. The Balaban J connectivity index is 2.01. The van der Waals surface area contributed by atoms with Crippen molar-refractivity contribution in [3.8, 4) is 0 Å². The standard InChI is InChI=1S/C14H23NO/c1-12-4-10-5-13(2,7-12)9-14(6-10,8-12)11(16)15-3/h10H,4-9H2,1-3H3,(H,15,16)/t10?,12-,13+,14?. The van der Waals surface area contributed by atoms with Crippen molar-refractivity contribution in [2.45, 2.75) is 52.4 Å². The van der Waals surface area contributed by atoms with Crippen LogP contribution in [0.5, 0.6) is 0 Å². The molecule has 0 saturated heterocycles. The number of carbonyl (C=O) groups excluding carboxylic acids is 1. The van der Waals surface area contributed by atoms with E-state index in [1.54, 1.807) is 7.05 Å². The van der Waals surface area contributed by atoms with E-state index in [1.165, 1.54) is 19.3 Å². The fourth-order valence-electron chi connectivity index (χ4n) is 5.97. The van der Waals surface area contributed by atoms with Gasteiger partial charge in [-0.25, -0.2) is 0 Å². The zero-order valence-corrected chi connectivity index (χ0v) is 10.7. The molecule has 4 atom stereocenters. The van der Waals surface area contributed by atoms with Crippen molar-refractivity contribution in [2.24, 2.45) is 22.2 Å². The van der Waals surface area contributed by atoms with Crippen LogP contribution in [0.4, 0.5) is 0 Å². The van der Waals surface area contributed by atoms with Gasteiger partial charge < -0.3 is 5.32 Å². The zero-order valence-electron chi connectivity index (χ0n) is 10.7. The molecule has 0 aromatic rings. The van der Waals surface area contributed by atoms with Crippen LogP contribution in [0.2, 0.25) is 0 Å². The van der Waals surface area contributed by atoms with Crippen molar-refractivity contribution >= 4 is 5.91 Å². The normalized spacial score (nSPS) is 54.1. The van der Waals surface area contributed by atoms with Gasteiger partial charge in [-0.3, -0.25) is 4.79 Å². The molecule has 0 spiro atoms. The second kappa shape index (κ2) is 2.83. The van der Waals surface area contributed by atoms with Crippen molar-refractivity contribution in [1.82, 2.24) is 5.32 Å². The number of rotatable bonds is 1. The predicted octanol–water partition coefficient (Wildman–Crippen LogP) is 2.73. The molecule has 4 bridgehead atoms. The summed E-state index contributed by atoms with van der Waals surface area (Å²) in [5.74, 6) is 1.12. The molecular formula is C14H23NO. The maximum Gasteiger partial charge on any atom is 0.226 e. The van der Waals surface area contributed by atoms with E-state index in [0.717, 1.165) is 25.2 Å². The van der Waals surface area contributed by atoms with Crippen molar-refractivity contribution in [3.63, 3.8) is 0 Å². The Kier molecular flexibility index (Phi) is 1.88. The highest BCUT2D eigenvalue weighted by molar-refractivity contribution is 5.83. The van der Waals surface area contributed by atoms with Gasteiger partial charge in [0, 0.05) is 7.05 Å². The summed E-state index contributed by atoms with van der Waals surface area (Å²) >= 11 is 0. The summed E-state index contributed by atoms with van der Waals surface area (Å²) in [6, 6.07) is 0. The lowest BCUT2D eigenvalue weighted by molar-refractivity contribution is -0.169. The third-order valence-electron chi connectivity index (χ3n) is 5.33. The minimum atomic E-state index is -0.0162. The second-order valence-electron chi connectivity index (χ2n) is 7.49. The van der Waals surface area contributed by atoms with E-state index < -0.39 is 0 Å². The number of hydrogen-bond donors (Lipinski definition) is 1. The van der Waals surface area contributed by atoms with Crippen LogP contribution in [0.1, 0.15) is 52.4 Å². The summed E-state index contributed by atoms with van der Waals surface area (Å²) in [5, 5.41) is 2.92. The Labute approximate surface area is 98.2 Å². The van der Waals surface area contributed by atoms with Gasteiger partial charge in [0.15, 0.2) is 0 Å². The average Bonchev–Trinajstić information content (AvgIpc) is 2.10.